The largest absolute Gasteiger partial charge is 0.462 e. The molecule has 556 valence electrons. The van der Waals surface area contributed by atoms with Crippen LogP contribution in [0.15, 0.2) is 23.8 Å². The molecule has 36 heteroatoms. The van der Waals surface area contributed by atoms with Crippen LogP contribution < -0.4 is 0 Å². The predicted molar refractivity (Wildman–Crippen MR) is 320 cm³/mol. The molecule has 9 fully saturated rings. The molecule has 10 rings (SSSR count). The molecule has 6 aliphatic heterocycles. The Hall–Kier alpha value is -2.72. The number of allylic oxidation sites excluding steroid dienone is 3. The maximum atomic E-state index is 14.8. The molecule has 3 saturated carbocycles. The average Bonchev–Trinajstić information content (AvgIpc) is 1.53. The highest BCUT2D eigenvalue weighted by Gasteiger charge is 2.79. The van der Waals surface area contributed by atoms with Gasteiger partial charge in [-0.25, -0.2) is 8.37 Å². The highest BCUT2D eigenvalue weighted by atomic mass is 32.3. The number of aliphatic hydroxyl groups is 11. The zero-order chi connectivity index (χ0) is 71.2. The number of hydrogen-bond acceptors (Lipinski definition) is 32. The summed E-state index contributed by atoms with van der Waals surface area (Å²) in [7, 11) is -9.57. The van der Waals surface area contributed by atoms with E-state index in [1.54, 1.807) is 0 Å². The number of methoxy groups -OCH3 is 1. The van der Waals surface area contributed by atoms with Crippen LogP contribution in [0, 0.1) is 39.4 Å². The van der Waals surface area contributed by atoms with Crippen molar-refractivity contribution in [1.29, 1.82) is 0 Å². The zero-order valence-electron chi connectivity index (χ0n) is 55.1. The maximum Gasteiger partial charge on any atom is 0.397 e. The molecule has 1 spiro atoms. The van der Waals surface area contributed by atoms with Crippen molar-refractivity contribution in [2.75, 3.05) is 40.1 Å². The summed E-state index contributed by atoms with van der Waals surface area (Å²) in [4.78, 5) is 27.7. The summed E-state index contributed by atoms with van der Waals surface area (Å²) in [5, 5.41) is 123. The Kier molecular flexibility index (Phi) is 23.1. The molecule has 0 aromatic heterocycles. The van der Waals surface area contributed by atoms with E-state index in [0.717, 1.165) is 24.7 Å². The first-order valence-electron chi connectivity index (χ1n) is 32.7. The van der Waals surface area contributed by atoms with Gasteiger partial charge in [0.15, 0.2) is 31.5 Å². The van der Waals surface area contributed by atoms with Crippen molar-refractivity contribution in [3.05, 3.63) is 23.8 Å². The lowest BCUT2D eigenvalue weighted by Gasteiger charge is -2.64. The summed E-state index contributed by atoms with van der Waals surface area (Å²) in [6, 6.07) is 0. The first-order valence-corrected chi connectivity index (χ1v) is 35.4. The number of cyclic esters (lactones) is 1. The molecular weight excluding hydrogens is 1340 g/mol. The summed E-state index contributed by atoms with van der Waals surface area (Å²) >= 11 is 0. The van der Waals surface area contributed by atoms with Gasteiger partial charge in [0.05, 0.1) is 50.5 Å². The van der Waals surface area contributed by atoms with E-state index in [9.17, 15) is 91.7 Å². The first-order chi connectivity index (χ1) is 45.3. The summed E-state index contributed by atoms with van der Waals surface area (Å²) in [5.74, 6) is -1.41. The molecule has 0 radical (unpaired) electrons. The molecule has 3 unspecified atom stereocenters. The van der Waals surface area contributed by atoms with E-state index in [-0.39, 0.29) is 17.8 Å². The standard InChI is InChI=1S/C61H96O34S2/c1-25(2)11-10-16-60(8)50-30(85-26(3)64)19-59(7)28-12-13-35-57(4,5)36(15-17-58(35,6)27(28)14-18-61(50,59)56(74)94-60)89-54-48(40(69)34(23-83-54)95-97(78,79)80)93-55-49(92-51-41(70)37(66)29(65)22-82-51)42(71)45(32(21-63)87-55)90-53-44(73)47(39(68)33(88-53)24-84-96(75,76)77)91-52-43(72)46(81-9)38(67)31(20-62)86-52/h12,27,29-55,62-63,65-73H,1,10-11,13-24H2,2-9H3,(H,75,76,77)(H,78,79,80)/t27-,29+,30-,31+,32+,33+,34+,35-,36?,37-,38+,39+,40-,41+,42-,43+,44+,45+,46-,47-,48+,49+,50?,51-,52-,53-,54-,55-,58+,59-,60-,61?/m0/s1. The van der Waals surface area contributed by atoms with Gasteiger partial charge in [-0.2, -0.15) is 16.8 Å². The molecule has 10 aliphatic rings. The third-order valence-corrected chi connectivity index (χ3v) is 23.5. The minimum atomic E-state index is -5.36. The minimum Gasteiger partial charge on any atom is -0.462 e. The van der Waals surface area contributed by atoms with Crippen molar-refractivity contribution in [3.8, 4) is 0 Å². The number of ether oxygens (including phenoxy) is 13. The number of fused-ring (bicyclic) bond motifs is 4. The number of aliphatic hydroxyl groups excluding tert-OH is 11. The van der Waals surface area contributed by atoms with Gasteiger partial charge in [0.2, 0.25) is 0 Å². The van der Waals surface area contributed by atoms with Crippen molar-refractivity contribution in [2.45, 2.75) is 265 Å². The van der Waals surface area contributed by atoms with Gasteiger partial charge in [-0.1, -0.05) is 44.9 Å². The molecule has 32 atom stereocenters. The van der Waals surface area contributed by atoms with Crippen LogP contribution >= 0.6 is 0 Å². The predicted octanol–water partition coefficient (Wildman–Crippen LogP) is -2.76. The van der Waals surface area contributed by atoms with E-state index < -0.39 is 247 Å². The molecular formula is C61H96O34S2. The summed E-state index contributed by atoms with van der Waals surface area (Å²) in [5.41, 5.74) is -1.83. The van der Waals surface area contributed by atoms with Gasteiger partial charge in [0, 0.05) is 19.4 Å². The summed E-state index contributed by atoms with van der Waals surface area (Å²) in [6.07, 6.45) is -40.1. The van der Waals surface area contributed by atoms with Gasteiger partial charge in [0.25, 0.3) is 0 Å². The van der Waals surface area contributed by atoms with Crippen LogP contribution in [0.3, 0.4) is 0 Å². The van der Waals surface area contributed by atoms with Crippen molar-refractivity contribution < 1.29 is 162 Å². The molecule has 0 aromatic carbocycles. The lowest BCUT2D eigenvalue weighted by Crippen LogP contribution is -2.68. The highest BCUT2D eigenvalue weighted by molar-refractivity contribution is 7.81. The maximum absolute atomic E-state index is 14.8. The van der Waals surface area contributed by atoms with E-state index in [4.69, 9.17) is 65.8 Å². The Bertz CT molecular complexity index is 3070. The Balaban J connectivity index is 0.938. The number of rotatable bonds is 23. The second kappa shape index (κ2) is 29.1. The van der Waals surface area contributed by atoms with Gasteiger partial charge < -0.3 is 118 Å². The fourth-order valence-corrected chi connectivity index (χ4v) is 18.8. The normalized spacial score (nSPS) is 48.3. The van der Waals surface area contributed by atoms with Crippen LogP contribution in [-0.2, 0) is 100 Å². The van der Waals surface area contributed by atoms with E-state index in [1.807, 2.05) is 27.7 Å². The van der Waals surface area contributed by atoms with Crippen molar-refractivity contribution in [3.63, 3.8) is 0 Å². The molecule has 6 heterocycles. The van der Waals surface area contributed by atoms with E-state index in [0.29, 0.717) is 51.4 Å². The van der Waals surface area contributed by atoms with Crippen LogP contribution in [0.2, 0.25) is 0 Å². The first kappa shape index (κ1) is 76.9. The fraction of sp³-hybridized carbons (Fsp3) is 0.902. The summed E-state index contributed by atoms with van der Waals surface area (Å²) < 4.78 is 155. The van der Waals surface area contributed by atoms with Crippen LogP contribution in [0.25, 0.3) is 0 Å². The topological polar surface area (TPSA) is 504 Å². The molecule has 4 aliphatic carbocycles. The molecule has 0 bridgehead atoms. The van der Waals surface area contributed by atoms with Gasteiger partial charge in [-0.05, 0) is 94.3 Å². The van der Waals surface area contributed by atoms with Gasteiger partial charge >= 0.3 is 32.7 Å². The lowest BCUT2D eigenvalue weighted by molar-refractivity contribution is -0.405. The monoisotopic (exact) mass is 1440 g/mol. The second-order valence-electron chi connectivity index (χ2n) is 28.9. The SMILES string of the molecule is C=C(C)CCC[C@]1(C)OC(=O)C23CC[C@H]4C(=CC[C@H]5C(C)(C)C(O[C@@H]6OC[C@@H](OS(=O)(=O)O)[C@H](O)[C@H]6O[C@@H]6O[C@H](CO)[C@@H](O[C@@H]7O[C@H](COS(=O)(=O)O)[C@@H](O)[C@H](O[C@@H]8O[C@H](CO)[C@@H](O)[C@H](OC)[C@H]8O)[C@H]7O)[C@H](O)[C@H]6O[C@@H]6OC[C@@H](O)[C@H](O)[C@H]6O)CC[C@]45C)[C@]2(C)C[C@H](OC(C)=O)C31. The number of carbonyl (C=O) groups excluding carboxylic acids is 2. The van der Waals surface area contributed by atoms with E-state index in [2.05, 4.69) is 30.7 Å². The molecule has 6 saturated heterocycles. The molecule has 34 nitrogen and oxygen atoms in total. The molecule has 13 N–H and O–H groups in total. The lowest BCUT2D eigenvalue weighted by atomic mass is 9.41. The Morgan fingerprint density at radius 1 is 0.649 bits per heavy atom. The van der Waals surface area contributed by atoms with Gasteiger partial charge in [-0.15, -0.1) is 6.58 Å². The minimum absolute atomic E-state index is 0.0697. The van der Waals surface area contributed by atoms with Crippen LogP contribution in [0.4, 0.5) is 0 Å². The van der Waals surface area contributed by atoms with Crippen LogP contribution in [0.5, 0.6) is 0 Å². The Labute approximate surface area is 561 Å². The Morgan fingerprint density at radius 2 is 1.25 bits per heavy atom. The van der Waals surface area contributed by atoms with Crippen molar-refractivity contribution in [2.24, 2.45) is 39.4 Å². The van der Waals surface area contributed by atoms with E-state index >= 15 is 0 Å². The average molecular weight is 1440 g/mol. The third-order valence-electron chi connectivity index (χ3n) is 22.6. The fourth-order valence-electron chi connectivity index (χ4n) is 18.0. The van der Waals surface area contributed by atoms with E-state index in [1.165, 1.54) is 6.92 Å². The molecule has 97 heavy (non-hydrogen) atoms. The number of carbonyl (C=O) groups is 2. The van der Waals surface area contributed by atoms with Crippen LogP contribution in [-0.4, -0.2) is 293 Å². The Morgan fingerprint density at radius 3 is 1.88 bits per heavy atom. The van der Waals surface area contributed by atoms with Gasteiger partial charge in [-0.3, -0.25) is 18.7 Å². The smallest absolute Gasteiger partial charge is 0.397 e. The van der Waals surface area contributed by atoms with Crippen molar-refractivity contribution in [1.82, 2.24) is 0 Å². The second-order valence-corrected chi connectivity index (χ2v) is 31.1. The number of esters is 2. The highest BCUT2D eigenvalue weighted by Crippen LogP contribution is 2.77. The molecule has 0 amide bonds. The van der Waals surface area contributed by atoms with Crippen molar-refractivity contribution >= 4 is 32.7 Å². The molecule has 0 aromatic rings. The van der Waals surface area contributed by atoms with Gasteiger partial charge in [0.1, 0.15) is 122 Å². The van der Waals surface area contributed by atoms with Crippen LogP contribution in [0.1, 0.15) is 106 Å². The quantitative estimate of drug-likeness (QED) is 0.0280. The number of hydrogen-bond donors (Lipinski definition) is 13. The summed E-state index contributed by atoms with van der Waals surface area (Å²) in [6.45, 7) is 12.9. The zero-order valence-corrected chi connectivity index (χ0v) is 56.7. The third kappa shape index (κ3) is 14.5.